The van der Waals surface area contributed by atoms with E-state index in [9.17, 15) is 4.79 Å². The minimum Gasteiger partial charge on any atom is -0.326 e. The van der Waals surface area contributed by atoms with Gasteiger partial charge in [0, 0.05) is 23.7 Å². The molecule has 2 aromatic carbocycles. The van der Waals surface area contributed by atoms with Gasteiger partial charge in [-0.15, -0.1) is 0 Å². The minimum atomic E-state index is -0.0960. The number of carbonyl (C=O) groups excluding carboxylic acids is 1. The number of hydrogen-bond donors (Lipinski definition) is 2. The summed E-state index contributed by atoms with van der Waals surface area (Å²) >= 11 is 12.2. The largest absolute Gasteiger partial charge is 0.326 e. The Labute approximate surface area is 131 Å². The second-order valence-corrected chi connectivity index (χ2v) is 5.54. The lowest BCUT2D eigenvalue weighted by molar-refractivity contribution is -0.330. The first-order chi connectivity index (χ1) is 10.0. The van der Waals surface area contributed by atoms with Gasteiger partial charge in [-0.05, 0) is 30.3 Å². The molecule has 6 heteroatoms. The van der Waals surface area contributed by atoms with Gasteiger partial charge in [-0.1, -0.05) is 23.2 Å². The fourth-order valence-electron chi connectivity index (χ4n) is 2.16. The normalized spacial score (nSPS) is 10.8. The molecule has 0 aliphatic carbocycles. The Kier molecular flexibility index (Phi) is 3.57. The molecule has 1 aromatic heterocycles. The summed E-state index contributed by atoms with van der Waals surface area (Å²) in [5.41, 5.74) is 3.35. The molecule has 3 N–H and O–H groups in total. The van der Waals surface area contributed by atoms with Crippen LogP contribution in [0.25, 0.3) is 22.4 Å². The zero-order chi connectivity index (χ0) is 15.0. The fourth-order valence-corrected chi connectivity index (χ4v) is 2.70. The van der Waals surface area contributed by atoms with Crippen molar-refractivity contribution in [1.82, 2.24) is 4.98 Å². The van der Waals surface area contributed by atoms with E-state index in [1.54, 1.807) is 6.07 Å². The van der Waals surface area contributed by atoms with Crippen LogP contribution in [-0.2, 0) is 4.79 Å². The van der Waals surface area contributed by atoms with Crippen LogP contribution in [0.5, 0.6) is 0 Å². The molecule has 0 spiro atoms. The van der Waals surface area contributed by atoms with Gasteiger partial charge in [-0.2, -0.15) is 0 Å². The van der Waals surface area contributed by atoms with Crippen molar-refractivity contribution >= 4 is 45.8 Å². The maximum Gasteiger partial charge on any atom is 0.285 e. The molecule has 21 heavy (non-hydrogen) atoms. The first-order valence-electron chi connectivity index (χ1n) is 6.31. The van der Waals surface area contributed by atoms with Crippen LogP contribution in [0, 0.1) is 0 Å². The topological polar surface area (TPSA) is 59.0 Å². The minimum absolute atomic E-state index is 0.0960. The molecule has 0 saturated carbocycles. The average Bonchev–Trinajstić information content (AvgIpc) is 2.83. The van der Waals surface area contributed by atoms with Crippen LogP contribution in [0.3, 0.4) is 0 Å². The molecule has 0 radical (unpaired) electrons. The van der Waals surface area contributed by atoms with Crippen LogP contribution in [0.4, 0.5) is 5.69 Å². The van der Waals surface area contributed by atoms with E-state index in [-0.39, 0.29) is 5.91 Å². The lowest BCUT2D eigenvalue weighted by Gasteiger charge is -2.01. The second kappa shape index (κ2) is 5.39. The number of fused-ring (bicyclic) bond motifs is 1. The van der Waals surface area contributed by atoms with E-state index in [4.69, 9.17) is 23.2 Å². The van der Waals surface area contributed by atoms with Gasteiger partial charge in [0.25, 0.3) is 5.82 Å². The van der Waals surface area contributed by atoms with Crippen molar-refractivity contribution < 1.29 is 9.78 Å². The number of hydrogen-bond acceptors (Lipinski definition) is 1. The molecule has 4 nitrogen and oxygen atoms in total. The summed E-state index contributed by atoms with van der Waals surface area (Å²) in [5, 5.41) is 3.87. The zero-order valence-corrected chi connectivity index (χ0v) is 12.6. The van der Waals surface area contributed by atoms with Gasteiger partial charge < -0.3 is 5.32 Å². The van der Waals surface area contributed by atoms with E-state index in [1.165, 1.54) is 6.92 Å². The van der Waals surface area contributed by atoms with E-state index >= 15 is 0 Å². The lowest BCUT2D eigenvalue weighted by Crippen LogP contribution is -2.06. The number of rotatable bonds is 2. The summed E-state index contributed by atoms with van der Waals surface area (Å²) in [6.07, 6.45) is 0. The highest BCUT2D eigenvalue weighted by molar-refractivity contribution is 6.37. The number of aromatic amines is 2. The molecule has 0 unspecified atom stereocenters. The van der Waals surface area contributed by atoms with Gasteiger partial charge in [0.15, 0.2) is 11.0 Å². The Hall–Kier alpha value is -2.04. The molecular weight excluding hydrogens is 309 g/mol. The molecule has 0 fully saturated rings. The van der Waals surface area contributed by atoms with Crippen molar-refractivity contribution in [1.29, 1.82) is 0 Å². The summed E-state index contributed by atoms with van der Waals surface area (Å²) in [4.78, 5) is 17.5. The number of H-pyrrole nitrogens is 2. The monoisotopic (exact) mass is 320 g/mol. The summed E-state index contributed by atoms with van der Waals surface area (Å²) in [6, 6.07) is 11.0. The number of aromatic nitrogens is 2. The van der Waals surface area contributed by atoms with Crippen molar-refractivity contribution in [2.24, 2.45) is 0 Å². The van der Waals surface area contributed by atoms with Crippen LogP contribution in [-0.4, -0.2) is 10.9 Å². The van der Waals surface area contributed by atoms with Gasteiger partial charge in [0.2, 0.25) is 5.91 Å². The zero-order valence-electron chi connectivity index (χ0n) is 11.1. The number of imidazole rings is 1. The van der Waals surface area contributed by atoms with Crippen molar-refractivity contribution in [2.45, 2.75) is 6.92 Å². The second-order valence-electron chi connectivity index (χ2n) is 4.69. The summed E-state index contributed by atoms with van der Waals surface area (Å²) < 4.78 is 0. The Morgan fingerprint density at radius 3 is 2.57 bits per heavy atom. The molecule has 0 saturated heterocycles. The summed E-state index contributed by atoms with van der Waals surface area (Å²) in [7, 11) is 0. The van der Waals surface area contributed by atoms with Crippen molar-refractivity contribution in [3.05, 3.63) is 46.4 Å². The van der Waals surface area contributed by atoms with Crippen LogP contribution in [0.1, 0.15) is 6.92 Å². The Balaban J connectivity index is 2.00. The van der Waals surface area contributed by atoms with E-state index < -0.39 is 0 Å². The van der Waals surface area contributed by atoms with Crippen molar-refractivity contribution in [3.63, 3.8) is 0 Å². The van der Waals surface area contributed by atoms with Crippen LogP contribution in [0.15, 0.2) is 36.4 Å². The highest BCUT2D eigenvalue weighted by atomic mass is 35.5. The fraction of sp³-hybridized carbons (Fsp3) is 0.0667. The Morgan fingerprint density at radius 1 is 1.19 bits per heavy atom. The molecule has 0 aliphatic rings. The molecule has 1 heterocycles. The van der Waals surface area contributed by atoms with E-state index in [1.807, 2.05) is 30.3 Å². The molecule has 3 rings (SSSR count). The quantitative estimate of drug-likeness (QED) is 0.738. The molecule has 3 aromatic rings. The molecule has 0 atom stereocenters. The van der Waals surface area contributed by atoms with Gasteiger partial charge in [-0.25, -0.2) is 9.97 Å². The van der Waals surface area contributed by atoms with Gasteiger partial charge in [-0.3, -0.25) is 4.79 Å². The smallest absolute Gasteiger partial charge is 0.285 e. The third kappa shape index (κ3) is 2.86. The standard InChI is InChI=1S/C15H11Cl2N3O/c1-8(21)18-11-4-2-9(3-5-11)15-19-13-7-10(16)6-12(17)14(13)20-15/h2-7H,1H3,(H,18,21)(H,19,20)/p+1. The number of benzene rings is 2. The average molecular weight is 321 g/mol. The maximum absolute atomic E-state index is 11.0. The van der Waals surface area contributed by atoms with Crippen LogP contribution in [0.2, 0.25) is 10.0 Å². The highest BCUT2D eigenvalue weighted by Gasteiger charge is 2.15. The SMILES string of the molecule is CC(=O)Nc1ccc(-c2[nH]c3cc(Cl)cc(Cl)c3[nH+]2)cc1. The molecule has 1 amide bonds. The number of anilines is 1. The molecular formula is C15H12Cl2N3O+. The summed E-state index contributed by atoms with van der Waals surface area (Å²) in [6.45, 7) is 1.48. The lowest BCUT2D eigenvalue weighted by atomic mass is 10.2. The number of amides is 1. The number of carbonyl (C=O) groups is 1. The van der Waals surface area contributed by atoms with Crippen molar-refractivity contribution in [2.75, 3.05) is 5.32 Å². The third-order valence-corrected chi connectivity index (χ3v) is 3.57. The van der Waals surface area contributed by atoms with E-state index in [2.05, 4.69) is 15.3 Å². The van der Waals surface area contributed by atoms with Gasteiger partial charge in [0.05, 0.1) is 10.6 Å². The van der Waals surface area contributed by atoms with Crippen LogP contribution >= 0.6 is 23.2 Å². The predicted molar refractivity (Wildman–Crippen MR) is 84.6 cm³/mol. The maximum atomic E-state index is 11.0. The van der Waals surface area contributed by atoms with E-state index in [0.29, 0.717) is 10.0 Å². The summed E-state index contributed by atoms with van der Waals surface area (Å²) in [5.74, 6) is 0.727. The van der Waals surface area contributed by atoms with Gasteiger partial charge in [0.1, 0.15) is 0 Å². The highest BCUT2D eigenvalue weighted by Crippen LogP contribution is 2.26. The van der Waals surface area contributed by atoms with Gasteiger partial charge >= 0.3 is 0 Å². The molecule has 106 valence electrons. The number of nitrogens with one attached hydrogen (secondary N) is 3. The third-order valence-electron chi connectivity index (χ3n) is 3.06. The molecule has 0 aliphatic heterocycles. The van der Waals surface area contributed by atoms with E-state index in [0.717, 1.165) is 28.1 Å². The van der Waals surface area contributed by atoms with Crippen molar-refractivity contribution in [3.8, 4) is 11.4 Å². The van der Waals surface area contributed by atoms with Crippen LogP contribution < -0.4 is 10.3 Å². The Bertz CT molecular complexity index is 825. The molecule has 0 bridgehead atoms. The first kappa shape index (κ1) is 13.9. The Morgan fingerprint density at radius 2 is 1.90 bits per heavy atom. The number of halogens is 2. The predicted octanol–water partition coefficient (Wildman–Crippen LogP) is 3.91. The first-order valence-corrected chi connectivity index (χ1v) is 7.06.